The molecule has 2 amide bonds. The highest BCUT2D eigenvalue weighted by Gasteiger charge is 2.50. The van der Waals surface area contributed by atoms with Crippen LogP contribution in [0.25, 0.3) is 0 Å². The Balaban J connectivity index is 1.46. The van der Waals surface area contributed by atoms with Crippen LogP contribution in [-0.4, -0.2) is 42.0 Å². The van der Waals surface area contributed by atoms with Crippen molar-refractivity contribution in [3.63, 3.8) is 0 Å². The van der Waals surface area contributed by atoms with Crippen LogP contribution < -0.4 is 5.32 Å². The summed E-state index contributed by atoms with van der Waals surface area (Å²) >= 11 is 1.50. The molecule has 4 heterocycles. The summed E-state index contributed by atoms with van der Waals surface area (Å²) in [6, 6.07) is 5.41. The van der Waals surface area contributed by atoms with E-state index in [9.17, 15) is 9.59 Å². The maximum absolute atomic E-state index is 12.7. The van der Waals surface area contributed by atoms with Gasteiger partial charge in [-0.15, -0.1) is 0 Å². The molecular formula is C17H18N2O4S. The van der Waals surface area contributed by atoms with E-state index in [4.69, 9.17) is 9.15 Å². The lowest BCUT2D eigenvalue weighted by Crippen LogP contribution is -2.37. The standard InChI is InChI=1S/C17H18N2O4S/c20-16(18-8-12-2-1-5-22-12)13-9-19(14-3-6-23-15(13)14)17(21)11-4-7-24-10-11/h1-2,4-5,7,10,13-15H,3,6,8-9H2,(H,18,20)/t13-,14+,15+/m1/s1. The second kappa shape index (κ2) is 6.41. The van der Waals surface area contributed by atoms with Crippen LogP contribution in [0, 0.1) is 5.92 Å². The summed E-state index contributed by atoms with van der Waals surface area (Å²) in [4.78, 5) is 27.1. The van der Waals surface area contributed by atoms with Crippen molar-refractivity contribution >= 4 is 23.2 Å². The van der Waals surface area contributed by atoms with Crippen LogP contribution in [0.15, 0.2) is 39.6 Å². The minimum atomic E-state index is -0.338. The molecule has 2 aromatic heterocycles. The average molecular weight is 346 g/mol. The van der Waals surface area contributed by atoms with E-state index in [1.165, 1.54) is 11.3 Å². The van der Waals surface area contributed by atoms with Gasteiger partial charge in [-0.3, -0.25) is 9.59 Å². The van der Waals surface area contributed by atoms with Crippen LogP contribution >= 0.6 is 11.3 Å². The SMILES string of the molecule is O=C(NCc1ccco1)[C@@H]1CN(C(=O)c2ccsc2)[C@H]2CCO[C@@H]12. The highest BCUT2D eigenvalue weighted by atomic mass is 32.1. The Labute approximate surface area is 143 Å². The summed E-state index contributed by atoms with van der Waals surface area (Å²) in [7, 11) is 0. The van der Waals surface area contributed by atoms with Crippen molar-refractivity contribution in [2.75, 3.05) is 13.2 Å². The fraction of sp³-hybridized carbons (Fsp3) is 0.412. The molecule has 2 aliphatic heterocycles. The van der Waals surface area contributed by atoms with Gasteiger partial charge in [-0.05, 0) is 30.0 Å². The predicted molar refractivity (Wildman–Crippen MR) is 87.5 cm³/mol. The van der Waals surface area contributed by atoms with Crippen molar-refractivity contribution in [2.45, 2.75) is 25.1 Å². The zero-order chi connectivity index (χ0) is 16.5. The molecule has 7 heteroatoms. The Bertz CT molecular complexity index is 713. The topological polar surface area (TPSA) is 71.8 Å². The summed E-state index contributed by atoms with van der Waals surface area (Å²) in [5.74, 6) is 0.258. The maximum Gasteiger partial charge on any atom is 0.255 e. The number of carbonyl (C=O) groups excluding carboxylic acids is 2. The molecule has 0 unspecified atom stereocenters. The van der Waals surface area contributed by atoms with Crippen molar-refractivity contribution in [1.82, 2.24) is 10.2 Å². The normalized spacial score (nSPS) is 25.7. The molecule has 2 saturated heterocycles. The van der Waals surface area contributed by atoms with Gasteiger partial charge in [0.1, 0.15) is 5.76 Å². The van der Waals surface area contributed by atoms with Gasteiger partial charge in [0.2, 0.25) is 5.91 Å². The van der Waals surface area contributed by atoms with Crippen LogP contribution in [0.5, 0.6) is 0 Å². The summed E-state index contributed by atoms with van der Waals surface area (Å²) < 4.78 is 11.0. The highest BCUT2D eigenvalue weighted by Crippen LogP contribution is 2.34. The molecule has 0 aliphatic carbocycles. The van der Waals surface area contributed by atoms with E-state index in [1.807, 2.05) is 22.9 Å². The molecule has 0 radical (unpaired) electrons. The van der Waals surface area contributed by atoms with Gasteiger partial charge in [-0.2, -0.15) is 11.3 Å². The lowest BCUT2D eigenvalue weighted by molar-refractivity contribution is -0.127. The first kappa shape index (κ1) is 15.4. The lowest BCUT2D eigenvalue weighted by atomic mass is 10.0. The Morgan fingerprint density at radius 1 is 1.38 bits per heavy atom. The van der Waals surface area contributed by atoms with Crippen molar-refractivity contribution in [3.05, 3.63) is 46.5 Å². The monoisotopic (exact) mass is 346 g/mol. The summed E-state index contributed by atoms with van der Waals surface area (Å²) in [6.45, 7) is 1.33. The molecule has 0 spiro atoms. The van der Waals surface area contributed by atoms with Crippen LogP contribution in [0.3, 0.4) is 0 Å². The summed E-state index contributed by atoms with van der Waals surface area (Å²) in [6.07, 6.45) is 2.14. The molecule has 0 bridgehead atoms. The maximum atomic E-state index is 12.7. The Hall–Kier alpha value is -2.12. The third kappa shape index (κ3) is 2.74. The zero-order valence-electron chi connectivity index (χ0n) is 13.0. The van der Waals surface area contributed by atoms with Gasteiger partial charge in [0.25, 0.3) is 5.91 Å². The Kier molecular flexibility index (Phi) is 4.12. The Morgan fingerprint density at radius 2 is 2.29 bits per heavy atom. The Morgan fingerprint density at radius 3 is 3.04 bits per heavy atom. The number of fused-ring (bicyclic) bond motifs is 1. The predicted octanol–water partition coefficient (Wildman–Crippen LogP) is 1.89. The smallest absolute Gasteiger partial charge is 0.255 e. The van der Waals surface area contributed by atoms with Gasteiger partial charge < -0.3 is 19.4 Å². The van der Waals surface area contributed by atoms with E-state index >= 15 is 0 Å². The van der Waals surface area contributed by atoms with Gasteiger partial charge in [0.05, 0.1) is 36.4 Å². The molecule has 24 heavy (non-hydrogen) atoms. The third-order valence-corrected chi connectivity index (χ3v) is 5.36. The van der Waals surface area contributed by atoms with Crippen molar-refractivity contribution in [2.24, 2.45) is 5.92 Å². The van der Waals surface area contributed by atoms with Crippen molar-refractivity contribution < 1.29 is 18.7 Å². The fourth-order valence-electron chi connectivity index (χ4n) is 3.51. The zero-order valence-corrected chi connectivity index (χ0v) is 13.8. The van der Waals surface area contributed by atoms with Crippen molar-refractivity contribution in [1.29, 1.82) is 0 Å². The van der Waals surface area contributed by atoms with Crippen LogP contribution in [-0.2, 0) is 16.1 Å². The number of nitrogens with zero attached hydrogens (tertiary/aromatic N) is 1. The summed E-state index contributed by atoms with van der Waals surface area (Å²) in [5, 5.41) is 6.62. The number of hydrogen-bond donors (Lipinski definition) is 1. The van der Waals surface area contributed by atoms with Gasteiger partial charge in [-0.1, -0.05) is 0 Å². The molecule has 0 aromatic carbocycles. The number of likely N-dealkylation sites (tertiary alicyclic amines) is 1. The average Bonchev–Trinajstić information content (AvgIpc) is 3.37. The fourth-order valence-corrected chi connectivity index (χ4v) is 4.13. The van der Waals surface area contributed by atoms with E-state index < -0.39 is 0 Å². The van der Waals surface area contributed by atoms with E-state index in [0.29, 0.717) is 31.0 Å². The van der Waals surface area contributed by atoms with E-state index in [-0.39, 0.29) is 29.9 Å². The van der Waals surface area contributed by atoms with Gasteiger partial charge in [0, 0.05) is 18.5 Å². The number of thiophene rings is 1. The molecule has 6 nitrogen and oxygen atoms in total. The summed E-state index contributed by atoms with van der Waals surface area (Å²) in [5.41, 5.74) is 0.683. The molecule has 3 atom stereocenters. The third-order valence-electron chi connectivity index (χ3n) is 4.68. The van der Waals surface area contributed by atoms with Gasteiger partial charge in [0.15, 0.2) is 0 Å². The van der Waals surface area contributed by atoms with Gasteiger partial charge >= 0.3 is 0 Å². The lowest BCUT2D eigenvalue weighted by Gasteiger charge is -2.21. The second-order valence-electron chi connectivity index (χ2n) is 6.06. The van der Waals surface area contributed by atoms with E-state index in [1.54, 1.807) is 17.2 Å². The number of hydrogen-bond acceptors (Lipinski definition) is 5. The van der Waals surface area contributed by atoms with E-state index in [0.717, 1.165) is 6.42 Å². The number of ether oxygens (including phenoxy) is 1. The molecular weight excluding hydrogens is 328 g/mol. The van der Waals surface area contributed by atoms with Crippen LogP contribution in [0.2, 0.25) is 0 Å². The van der Waals surface area contributed by atoms with Crippen molar-refractivity contribution in [3.8, 4) is 0 Å². The molecule has 2 aromatic rings. The number of rotatable bonds is 4. The van der Waals surface area contributed by atoms with E-state index in [2.05, 4.69) is 5.32 Å². The molecule has 126 valence electrons. The molecule has 2 aliphatic rings. The highest BCUT2D eigenvalue weighted by molar-refractivity contribution is 7.08. The molecule has 2 fully saturated rings. The molecule has 4 rings (SSSR count). The second-order valence-corrected chi connectivity index (χ2v) is 6.84. The minimum absolute atomic E-state index is 0.0157. The van der Waals surface area contributed by atoms with Gasteiger partial charge in [-0.25, -0.2) is 0 Å². The van der Waals surface area contributed by atoms with Crippen LogP contribution in [0.4, 0.5) is 0 Å². The first-order valence-electron chi connectivity index (χ1n) is 7.99. The first-order chi connectivity index (χ1) is 11.7. The van der Waals surface area contributed by atoms with Crippen LogP contribution in [0.1, 0.15) is 22.5 Å². The number of amides is 2. The minimum Gasteiger partial charge on any atom is -0.467 e. The molecule has 0 saturated carbocycles. The largest absolute Gasteiger partial charge is 0.467 e. The number of furan rings is 1. The first-order valence-corrected chi connectivity index (χ1v) is 8.93. The molecule has 1 N–H and O–H groups in total. The number of carbonyl (C=O) groups is 2. The quantitative estimate of drug-likeness (QED) is 0.918. The number of nitrogens with one attached hydrogen (secondary N) is 1.